The zero-order valence-corrected chi connectivity index (χ0v) is 14.3. The number of thiophene rings is 1. The fourth-order valence-electron chi connectivity index (χ4n) is 2.78. The maximum atomic E-state index is 12.3. The minimum Gasteiger partial charge on any atom is -0.462 e. The van der Waals surface area contributed by atoms with Crippen LogP contribution in [-0.4, -0.2) is 18.5 Å². The van der Waals surface area contributed by atoms with Gasteiger partial charge in [-0.2, -0.15) is 0 Å². The summed E-state index contributed by atoms with van der Waals surface area (Å²) in [6.07, 6.45) is 7.70. The lowest BCUT2D eigenvalue weighted by Crippen LogP contribution is -2.14. The first-order valence-corrected chi connectivity index (χ1v) is 9.10. The summed E-state index contributed by atoms with van der Waals surface area (Å²) < 4.78 is 5.21. The van der Waals surface area contributed by atoms with Gasteiger partial charge in [0.1, 0.15) is 5.00 Å². The lowest BCUT2D eigenvalue weighted by Gasteiger charge is -2.08. The van der Waals surface area contributed by atoms with Crippen molar-refractivity contribution < 1.29 is 14.3 Å². The molecule has 2 rings (SSSR count). The van der Waals surface area contributed by atoms with E-state index in [4.69, 9.17) is 4.74 Å². The number of nitrogens with one attached hydrogen (secondary N) is 1. The number of fused-ring (bicyclic) bond motifs is 1. The molecule has 0 aromatic carbocycles. The number of aryl methyl sites for hydroxylation is 1. The highest BCUT2D eigenvalue weighted by atomic mass is 32.1. The van der Waals surface area contributed by atoms with Crippen LogP contribution in [0.1, 0.15) is 73.2 Å². The Kier molecular flexibility index (Phi) is 6.43. The van der Waals surface area contributed by atoms with Gasteiger partial charge in [-0.25, -0.2) is 4.79 Å². The van der Waals surface area contributed by atoms with Crippen molar-refractivity contribution in [1.29, 1.82) is 0 Å². The average molecular weight is 323 g/mol. The van der Waals surface area contributed by atoms with Crippen molar-refractivity contribution >= 4 is 28.2 Å². The molecule has 0 bridgehead atoms. The van der Waals surface area contributed by atoms with Gasteiger partial charge in [0.25, 0.3) is 0 Å². The topological polar surface area (TPSA) is 55.4 Å². The van der Waals surface area contributed by atoms with E-state index in [1.807, 2.05) is 6.92 Å². The second-order valence-corrected chi connectivity index (χ2v) is 6.75. The zero-order valence-electron chi connectivity index (χ0n) is 13.5. The number of esters is 1. The molecule has 0 unspecified atom stereocenters. The smallest absolute Gasteiger partial charge is 0.341 e. The van der Waals surface area contributed by atoms with Gasteiger partial charge in [-0.05, 0) is 44.6 Å². The van der Waals surface area contributed by atoms with E-state index in [-0.39, 0.29) is 11.9 Å². The Morgan fingerprint density at radius 3 is 2.68 bits per heavy atom. The van der Waals surface area contributed by atoms with E-state index in [1.165, 1.54) is 11.3 Å². The first-order valence-electron chi connectivity index (χ1n) is 8.28. The molecule has 1 N–H and O–H groups in total. The molecule has 0 saturated heterocycles. The van der Waals surface area contributed by atoms with Crippen LogP contribution < -0.4 is 5.32 Å². The van der Waals surface area contributed by atoms with Crippen LogP contribution in [0.25, 0.3) is 0 Å². The van der Waals surface area contributed by atoms with Crippen LogP contribution in [0.2, 0.25) is 0 Å². The molecular formula is C17H25NO3S. The summed E-state index contributed by atoms with van der Waals surface area (Å²) in [6.45, 7) is 4.22. The molecule has 122 valence electrons. The van der Waals surface area contributed by atoms with Gasteiger partial charge in [0.05, 0.1) is 12.2 Å². The number of hydrogen-bond acceptors (Lipinski definition) is 4. The number of rotatable bonds is 6. The fourth-order valence-corrected chi connectivity index (χ4v) is 4.07. The number of ether oxygens (including phenoxy) is 1. The quantitative estimate of drug-likeness (QED) is 0.626. The van der Waals surface area contributed by atoms with Crippen molar-refractivity contribution in [3.63, 3.8) is 0 Å². The van der Waals surface area contributed by atoms with Crippen LogP contribution in [0, 0.1) is 0 Å². The SMILES string of the molecule is CCCCC(=O)Nc1sc2c(c1C(=O)OCC)CCCCC2. The Morgan fingerprint density at radius 2 is 1.95 bits per heavy atom. The molecule has 5 heteroatoms. The molecule has 1 aromatic rings. The lowest BCUT2D eigenvalue weighted by molar-refractivity contribution is -0.116. The van der Waals surface area contributed by atoms with Crippen molar-refractivity contribution in [2.45, 2.75) is 65.2 Å². The van der Waals surface area contributed by atoms with Crippen LogP contribution in [0.15, 0.2) is 0 Å². The van der Waals surface area contributed by atoms with Crippen molar-refractivity contribution in [3.8, 4) is 0 Å². The van der Waals surface area contributed by atoms with Crippen LogP contribution in [0.3, 0.4) is 0 Å². The van der Waals surface area contributed by atoms with Crippen LogP contribution in [-0.2, 0) is 22.4 Å². The van der Waals surface area contributed by atoms with Gasteiger partial charge >= 0.3 is 5.97 Å². The largest absolute Gasteiger partial charge is 0.462 e. The molecule has 1 aromatic heterocycles. The highest BCUT2D eigenvalue weighted by Gasteiger charge is 2.26. The predicted molar refractivity (Wildman–Crippen MR) is 89.7 cm³/mol. The Morgan fingerprint density at radius 1 is 1.18 bits per heavy atom. The molecule has 0 atom stereocenters. The first-order chi connectivity index (χ1) is 10.7. The van der Waals surface area contributed by atoms with Gasteiger partial charge in [0.15, 0.2) is 0 Å². The van der Waals surface area contributed by atoms with Gasteiger partial charge in [-0.3, -0.25) is 4.79 Å². The normalized spacial score (nSPS) is 14.1. The summed E-state index contributed by atoms with van der Waals surface area (Å²) in [4.78, 5) is 25.6. The highest BCUT2D eigenvalue weighted by Crippen LogP contribution is 2.38. The van der Waals surface area contributed by atoms with Crippen LogP contribution in [0.5, 0.6) is 0 Å². The van der Waals surface area contributed by atoms with Crippen molar-refractivity contribution in [2.24, 2.45) is 0 Å². The summed E-state index contributed by atoms with van der Waals surface area (Å²) in [5.74, 6) is -0.309. The Bertz CT molecular complexity index is 536. The summed E-state index contributed by atoms with van der Waals surface area (Å²) >= 11 is 1.56. The zero-order chi connectivity index (χ0) is 15.9. The fraction of sp³-hybridized carbons (Fsp3) is 0.647. The number of anilines is 1. The molecule has 0 spiro atoms. The van der Waals surface area contributed by atoms with E-state index >= 15 is 0 Å². The lowest BCUT2D eigenvalue weighted by atomic mass is 10.1. The van der Waals surface area contributed by atoms with E-state index < -0.39 is 0 Å². The van der Waals surface area contributed by atoms with Gasteiger partial charge < -0.3 is 10.1 Å². The number of unbranched alkanes of at least 4 members (excludes halogenated alkanes) is 1. The minimum absolute atomic E-state index is 0.0104. The minimum atomic E-state index is -0.298. The van der Waals surface area contributed by atoms with Gasteiger partial charge in [0.2, 0.25) is 5.91 Å². The number of amides is 1. The number of hydrogen-bond donors (Lipinski definition) is 1. The molecule has 0 radical (unpaired) electrons. The molecule has 0 fully saturated rings. The molecule has 1 aliphatic carbocycles. The summed E-state index contributed by atoms with van der Waals surface area (Å²) in [5, 5.41) is 3.63. The highest BCUT2D eigenvalue weighted by molar-refractivity contribution is 7.17. The molecule has 4 nitrogen and oxygen atoms in total. The predicted octanol–water partition coefficient (Wildman–Crippen LogP) is 4.32. The van der Waals surface area contributed by atoms with E-state index in [0.717, 1.165) is 44.1 Å². The van der Waals surface area contributed by atoms with Crippen LogP contribution in [0.4, 0.5) is 5.00 Å². The third-order valence-corrected chi connectivity index (χ3v) is 5.12. The van der Waals surface area contributed by atoms with E-state index in [1.54, 1.807) is 11.3 Å². The second kappa shape index (κ2) is 8.32. The van der Waals surface area contributed by atoms with Crippen molar-refractivity contribution in [1.82, 2.24) is 0 Å². The Hall–Kier alpha value is -1.36. The molecule has 1 aliphatic rings. The molecule has 0 saturated carbocycles. The maximum absolute atomic E-state index is 12.3. The summed E-state index contributed by atoms with van der Waals surface area (Å²) in [5.41, 5.74) is 1.71. The number of carbonyl (C=O) groups is 2. The van der Waals surface area contributed by atoms with Gasteiger partial charge in [0, 0.05) is 11.3 Å². The third kappa shape index (κ3) is 4.09. The maximum Gasteiger partial charge on any atom is 0.341 e. The molecule has 22 heavy (non-hydrogen) atoms. The van der Waals surface area contributed by atoms with Gasteiger partial charge in [-0.15, -0.1) is 11.3 Å². The standard InChI is InChI=1S/C17H25NO3S/c1-3-5-11-14(19)18-16-15(17(20)21-4-2)12-9-7-6-8-10-13(12)22-16/h3-11H2,1-2H3,(H,18,19). The van der Waals surface area contributed by atoms with E-state index in [0.29, 0.717) is 23.6 Å². The van der Waals surface area contributed by atoms with Crippen molar-refractivity contribution in [3.05, 3.63) is 16.0 Å². The van der Waals surface area contributed by atoms with Gasteiger partial charge in [-0.1, -0.05) is 19.8 Å². The van der Waals surface area contributed by atoms with Crippen molar-refractivity contribution in [2.75, 3.05) is 11.9 Å². The average Bonchev–Trinajstić information content (AvgIpc) is 2.67. The third-order valence-electron chi connectivity index (χ3n) is 3.91. The Labute approximate surface area is 136 Å². The van der Waals surface area contributed by atoms with E-state index in [2.05, 4.69) is 12.2 Å². The molecule has 1 amide bonds. The monoisotopic (exact) mass is 323 g/mol. The molecule has 0 aliphatic heterocycles. The summed E-state index contributed by atoms with van der Waals surface area (Å²) in [6, 6.07) is 0. The number of carbonyl (C=O) groups excluding carboxylic acids is 2. The van der Waals surface area contributed by atoms with E-state index in [9.17, 15) is 9.59 Å². The van der Waals surface area contributed by atoms with Crippen LogP contribution >= 0.6 is 11.3 Å². The summed E-state index contributed by atoms with van der Waals surface area (Å²) in [7, 11) is 0. The Balaban J connectivity index is 2.27. The molecular weight excluding hydrogens is 298 g/mol. The molecule has 1 heterocycles. The second-order valence-electron chi connectivity index (χ2n) is 5.64. The first kappa shape index (κ1) is 17.0.